The summed E-state index contributed by atoms with van der Waals surface area (Å²) in [5, 5.41) is 20.1. The third kappa shape index (κ3) is 4.85. The van der Waals surface area contributed by atoms with Gasteiger partial charge in [0, 0.05) is 11.6 Å². The molecule has 0 heterocycles. The number of nitrogens with zero attached hydrogens (tertiary/aromatic N) is 1. The summed E-state index contributed by atoms with van der Waals surface area (Å²) in [6.45, 7) is 5.94. The molecule has 0 aromatic heterocycles. The van der Waals surface area contributed by atoms with Crippen LogP contribution in [-0.2, 0) is 14.4 Å². The Hall–Kier alpha value is -3.30. The van der Waals surface area contributed by atoms with Gasteiger partial charge in [-0.15, -0.1) is 0 Å². The minimum Gasteiger partial charge on any atom is -0.475 e. The lowest BCUT2D eigenvalue weighted by Gasteiger charge is -2.14. The Morgan fingerprint density at radius 3 is 1.92 bits per heavy atom. The van der Waals surface area contributed by atoms with Crippen LogP contribution in [0.2, 0.25) is 0 Å². The number of hydrogen-bond donors (Lipinski definition) is 1. The van der Waals surface area contributed by atoms with E-state index in [-0.39, 0.29) is 0 Å². The van der Waals surface area contributed by atoms with Gasteiger partial charge in [-0.2, -0.15) is 0 Å². The molecular formula is C16H17NO9. The van der Waals surface area contributed by atoms with Gasteiger partial charge in [0.25, 0.3) is 11.5 Å². The Morgan fingerprint density at radius 2 is 1.50 bits per heavy atom. The van der Waals surface area contributed by atoms with Crippen molar-refractivity contribution in [2.45, 2.75) is 27.7 Å². The number of hydrogen-bond acceptors (Lipinski definition) is 8. The summed E-state index contributed by atoms with van der Waals surface area (Å²) in [5.74, 6) is -7.51. The zero-order valence-electron chi connectivity index (χ0n) is 14.5. The predicted molar refractivity (Wildman–Crippen MR) is 86.0 cm³/mol. The average molecular weight is 367 g/mol. The van der Waals surface area contributed by atoms with Crippen LogP contribution in [0, 0.1) is 22.0 Å². The van der Waals surface area contributed by atoms with Crippen LogP contribution in [0.4, 0.5) is 5.69 Å². The number of ether oxygens (including phenoxy) is 2. The largest absolute Gasteiger partial charge is 0.475 e. The van der Waals surface area contributed by atoms with E-state index in [4.69, 9.17) is 14.6 Å². The fourth-order valence-electron chi connectivity index (χ4n) is 1.60. The Morgan fingerprint density at radius 1 is 1.00 bits per heavy atom. The van der Waals surface area contributed by atoms with E-state index in [1.54, 1.807) is 0 Å². The molecule has 26 heavy (non-hydrogen) atoms. The smallest absolute Gasteiger partial charge is 0.377 e. The molecule has 1 N–H and O–H groups in total. The zero-order chi connectivity index (χ0) is 20.2. The van der Waals surface area contributed by atoms with Gasteiger partial charge in [0.05, 0.1) is 16.8 Å². The molecule has 0 saturated heterocycles. The fourth-order valence-corrected chi connectivity index (χ4v) is 1.60. The van der Waals surface area contributed by atoms with Gasteiger partial charge in [-0.3, -0.25) is 24.5 Å². The second kappa shape index (κ2) is 8.19. The average Bonchev–Trinajstić information content (AvgIpc) is 2.54. The van der Waals surface area contributed by atoms with Crippen molar-refractivity contribution >= 4 is 29.4 Å². The van der Waals surface area contributed by atoms with Crippen LogP contribution < -0.4 is 9.47 Å². The molecule has 0 aliphatic rings. The minimum absolute atomic E-state index is 0.587. The van der Waals surface area contributed by atoms with Crippen LogP contribution in [0.5, 0.6) is 11.5 Å². The number of carboxylic acid groups (broad SMARTS) is 1. The molecule has 1 aromatic rings. The van der Waals surface area contributed by atoms with Crippen molar-refractivity contribution in [2.75, 3.05) is 0 Å². The quantitative estimate of drug-likeness (QED) is 0.190. The molecule has 0 aliphatic carbocycles. The van der Waals surface area contributed by atoms with Crippen molar-refractivity contribution in [1.82, 2.24) is 0 Å². The van der Waals surface area contributed by atoms with Crippen LogP contribution >= 0.6 is 0 Å². The van der Waals surface area contributed by atoms with Gasteiger partial charge in [0.2, 0.25) is 0 Å². The Kier molecular flexibility index (Phi) is 6.53. The number of carbonyl (C=O) groups excluding carboxylic acids is 3. The standard InChI is InChI=1S/C16H17NO9/c1-7(2)15(21)25-11-6-9(12(18)14(19)20)5-10(17(23)24)13(11)26-16(22)8(3)4/h5-8H,1-4H3,(H,19,20). The number of carboxylic acids is 1. The molecule has 140 valence electrons. The second-order valence-corrected chi connectivity index (χ2v) is 5.87. The van der Waals surface area contributed by atoms with Gasteiger partial charge in [-0.05, 0) is 6.07 Å². The van der Waals surface area contributed by atoms with E-state index in [1.807, 2.05) is 0 Å². The maximum absolute atomic E-state index is 11.8. The first-order chi connectivity index (χ1) is 12.0. The van der Waals surface area contributed by atoms with E-state index in [0.717, 1.165) is 6.07 Å². The fraction of sp³-hybridized carbons (Fsp3) is 0.375. The second-order valence-electron chi connectivity index (χ2n) is 5.87. The zero-order valence-corrected chi connectivity index (χ0v) is 14.5. The van der Waals surface area contributed by atoms with Gasteiger partial charge in [-0.1, -0.05) is 27.7 Å². The number of Topliss-reactive ketones (excluding diaryl/α,β-unsaturated/α-hetero) is 1. The summed E-state index contributed by atoms with van der Waals surface area (Å²) < 4.78 is 9.94. The number of nitro groups is 1. The Bertz CT molecular complexity index is 780. The Balaban J connectivity index is 3.62. The molecule has 0 spiro atoms. The Labute approximate surface area is 147 Å². The van der Waals surface area contributed by atoms with Crippen molar-refractivity contribution in [3.63, 3.8) is 0 Å². The number of aliphatic carboxylic acids is 1. The highest BCUT2D eigenvalue weighted by atomic mass is 16.6. The SMILES string of the molecule is CC(C)C(=O)Oc1cc(C(=O)C(=O)O)cc([N+](=O)[O-])c1OC(=O)C(C)C. The van der Waals surface area contributed by atoms with Gasteiger partial charge >= 0.3 is 23.6 Å². The van der Waals surface area contributed by atoms with E-state index in [1.165, 1.54) is 27.7 Å². The number of esters is 2. The van der Waals surface area contributed by atoms with E-state index in [9.17, 15) is 29.3 Å². The van der Waals surface area contributed by atoms with E-state index < -0.39 is 63.2 Å². The highest BCUT2D eigenvalue weighted by molar-refractivity contribution is 6.40. The van der Waals surface area contributed by atoms with Crippen molar-refractivity contribution in [3.05, 3.63) is 27.8 Å². The first-order valence-electron chi connectivity index (χ1n) is 7.49. The van der Waals surface area contributed by atoms with Crippen molar-refractivity contribution in [3.8, 4) is 11.5 Å². The molecule has 10 nitrogen and oxygen atoms in total. The molecular weight excluding hydrogens is 350 g/mol. The topological polar surface area (TPSA) is 150 Å². The summed E-state index contributed by atoms with van der Waals surface area (Å²) >= 11 is 0. The first kappa shape index (κ1) is 20.7. The summed E-state index contributed by atoms with van der Waals surface area (Å²) in [5.41, 5.74) is -1.47. The predicted octanol–water partition coefficient (Wildman–Crippen LogP) is 1.98. The van der Waals surface area contributed by atoms with E-state index in [2.05, 4.69) is 0 Å². The number of carbonyl (C=O) groups is 4. The molecule has 0 amide bonds. The third-order valence-corrected chi connectivity index (χ3v) is 3.04. The molecule has 0 bridgehead atoms. The van der Waals surface area contributed by atoms with Gasteiger partial charge in [-0.25, -0.2) is 4.79 Å². The van der Waals surface area contributed by atoms with E-state index >= 15 is 0 Å². The van der Waals surface area contributed by atoms with Crippen LogP contribution in [0.25, 0.3) is 0 Å². The van der Waals surface area contributed by atoms with Crippen LogP contribution in [0.15, 0.2) is 12.1 Å². The third-order valence-electron chi connectivity index (χ3n) is 3.04. The molecule has 10 heteroatoms. The van der Waals surface area contributed by atoms with Gasteiger partial charge < -0.3 is 14.6 Å². The summed E-state index contributed by atoms with van der Waals surface area (Å²) in [6, 6.07) is 1.46. The van der Waals surface area contributed by atoms with Crippen LogP contribution in [-0.4, -0.2) is 33.7 Å². The number of benzene rings is 1. The lowest BCUT2D eigenvalue weighted by Crippen LogP contribution is -2.20. The monoisotopic (exact) mass is 367 g/mol. The van der Waals surface area contributed by atoms with Crippen LogP contribution in [0.1, 0.15) is 38.1 Å². The highest BCUT2D eigenvalue weighted by Crippen LogP contribution is 2.39. The molecule has 0 unspecified atom stereocenters. The van der Waals surface area contributed by atoms with Crippen LogP contribution in [0.3, 0.4) is 0 Å². The summed E-state index contributed by atoms with van der Waals surface area (Å²) in [7, 11) is 0. The van der Waals surface area contributed by atoms with E-state index in [0.29, 0.717) is 6.07 Å². The number of rotatable bonds is 7. The lowest BCUT2D eigenvalue weighted by atomic mass is 10.1. The van der Waals surface area contributed by atoms with Crippen molar-refractivity contribution in [1.29, 1.82) is 0 Å². The molecule has 0 fully saturated rings. The highest BCUT2D eigenvalue weighted by Gasteiger charge is 2.30. The summed E-state index contributed by atoms with van der Waals surface area (Å²) in [4.78, 5) is 56.5. The van der Waals surface area contributed by atoms with Crippen molar-refractivity contribution in [2.24, 2.45) is 11.8 Å². The molecule has 0 saturated carbocycles. The van der Waals surface area contributed by atoms with Gasteiger partial charge in [0.15, 0.2) is 5.75 Å². The number of nitro benzene ring substituents is 1. The lowest BCUT2D eigenvalue weighted by molar-refractivity contribution is -0.385. The van der Waals surface area contributed by atoms with Crippen molar-refractivity contribution < 1.29 is 38.7 Å². The first-order valence-corrected chi connectivity index (χ1v) is 7.49. The maximum atomic E-state index is 11.8. The molecule has 1 aromatic carbocycles. The van der Waals surface area contributed by atoms with Gasteiger partial charge in [0.1, 0.15) is 0 Å². The molecule has 0 atom stereocenters. The molecule has 0 aliphatic heterocycles. The minimum atomic E-state index is -1.85. The maximum Gasteiger partial charge on any atom is 0.377 e. The summed E-state index contributed by atoms with van der Waals surface area (Å²) in [6.07, 6.45) is 0. The number of ketones is 1. The molecule has 1 rings (SSSR count). The normalized spacial score (nSPS) is 10.5. The molecule has 0 radical (unpaired) electrons.